The van der Waals surface area contributed by atoms with Gasteiger partial charge in [-0.25, -0.2) is 6.08 Å². The first-order valence-electron chi connectivity index (χ1n) is 9.88. The van der Waals surface area contributed by atoms with Gasteiger partial charge in [0, 0.05) is 0 Å². The van der Waals surface area contributed by atoms with Crippen LogP contribution in [0.5, 0.6) is 0 Å². The molecule has 2 aromatic rings. The fraction of sp³-hybridized carbons (Fsp3) is 0.480. The maximum atomic E-state index is 3.57. The molecule has 150 valence electrons. The molecule has 0 heterocycles. The molecule has 0 bridgehead atoms. The van der Waals surface area contributed by atoms with E-state index in [2.05, 4.69) is 71.0 Å². The van der Waals surface area contributed by atoms with Gasteiger partial charge in [0.05, 0.1) is 0 Å². The van der Waals surface area contributed by atoms with Gasteiger partial charge in [0.25, 0.3) is 0 Å². The van der Waals surface area contributed by atoms with E-state index in [1.54, 1.807) is 0 Å². The van der Waals surface area contributed by atoms with Crippen molar-refractivity contribution in [1.29, 1.82) is 0 Å². The van der Waals surface area contributed by atoms with Crippen molar-refractivity contribution in [2.75, 3.05) is 0 Å². The monoisotopic (exact) mass is 450 g/mol. The van der Waals surface area contributed by atoms with E-state index in [4.69, 9.17) is 0 Å². The van der Waals surface area contributed by atoms with Crippen molar-refractivity contribution >= 4 is 6.08 Å². The molecule has 2 aromatic carbocycles. The first kappa shape index (κ1) is 27.6. The molecule has 1 atom stereocenters. The largest absolute Gasteiger partial charge is 4.00 e. The van der Waals surface area contributed by atoms with E-state index in [1.165, 1.54) is 71.0 Å². The molecule has 2 aliphatic rings. The summed E-state index contributed by atoms with van der Waals surface area (Å²) in [5.74, 6) is 1.46. The van der Waals surface area contributed by atoms with Crippen LogP contribution in [0.1, 0.15) is 77.0 Å². The van der Waals surface area contributed by atoms with Gasteiger partial charge >= 0.3 is 21.7 Å². The second-order valence-corrected chi connectivity index (χ2v) is 7.94. The van der Waals surface area contributed by atoms with Crippen molar-refractivity contribution in [3.8, 4) is 0 Å². The van der Waals surface area contributed by atoms with Gasteiger partial charge in [0.15, 0.2) is 0 Å². The molecular weight excluding hydrogens is 419 g/mol. The Morgan fingerprint density at radius 1 is 0.857 bits per heavy atom. The maximum absolute atomic E-state index is 3.57. The number of rotatable bonds is 1. The Kier molecular flexibility index (Phi) is 12.2. The van der Waals surface area contributed by atoms with E-state index in [0.29, 0.717) is 5.92 Å². The van der Waals surface area contributed by atoms with Crippen molar-refractivity contribution in [3.63, 3.8) is 0 Å². The SMILES string of the molecule is Cc1c(C)c(C)[c-](C)c1C.[C-]1=Cc2ccccc2C1C1CCCCC1.[Cl-].[Cl-].[Ti+4]. The molecule has 2 aliphatic carbocycles. The molecule has 4 rings (SSSR count). The van der Waals surface area contributed by atoms with Crippen molar-refractivity contribution in [2.24, 2.45) is 5.92 Å². The van der Waals surface area contributed by atoms with Crippen LogP contribution in [-0.2, 0) is 21.7 Å². The molecule has 0 saturated heterocycles. The van der Waals surface area contributed by atoms with E-state index in [1.807, 2.05) is 0 Å². The van der Waals surface area contributed by atoms with Crippen molar-refractivity contribution < 1.29 is 46.5 Å². The molecule has 0 nitrogen and oxygen atoms in total. The normalized spacial score (nSPS) is 17.4. The standard InChI is InChI=1S/C15H17.C10H15.2ClH.Ti/c1-2-6-12(7-3-1)15-11-10-13-8-4-5-9-14(13)15;1-6-7(2)9(4)10(5)8(6)3;;;/h4-5,8-10,12,15H,1-3,6-7H2;1-5H3;2*1H;/q2*-1;;;+4/p-2. The van der Waals surface area contributed by atoms with Crippen LogP contribution in [0, 0.1) is 46.6 Å². The zero-order chi connectivity index (χ0) is 18.0. The molecule has 28 heavy (non-hydrogen) atoms. The summed E-state index contributed by atoms with van der Waals surface area (Å²) in [6, 6.07) is 8.78. The third-order valence-electron chi connectivity index (χ3n) is 6.68. The average Bonchev–Trinajstić information content (AvgIpc) is 3.16. The molecule has 0 amide bonds. The minimum atomic E-state index is 0. The van der Waals surface area contributed by atoms with Gasteiger partial charge in [-0.15, -0.1) is 11.6 Å². The minimum Gasteiger partial charge on any atom is -1.00 e. The van der Waals surface area contributed by atoms with Gasteiger partial charge in [-0.3, -0.25) is 6.08 Å². The Hall–Kier alpha value is -0.396. The molecule has 0 N–H and O–H groups in total. The first-order chi connectivity index (χ1) is 12.0. The van der Waals surface area contributed by atoms with Gasteiger partial charge in [0.1, 0.15) is 0 Å². The topological polar surface area (TPSA) is 0 Å². The Balaban J connectivity index is 0.000000503. The van der Waals surface area contributed by atoms with E-state index in [0.717, 1.165) is 5.92 Å². The zero-order valence-corrected chi connectivity index (χ0v) is 20.9. The third kappa shape index (κ3) is 5.82. The molecule has 3 heteroatoms. The molecular formula is C25H32Cl2Ti. The van der Waals surface area contributed by atoms with E-state index < -0.39 is 0 Å². The van der Waals surface area contributed by atoms with Crippen LogP contribution >= 0.6 is 0 Å². The Labute approximate surface area is 199 Å². The summed E-state index contributed by atoms with van der Waals surface area (Å²) >= 11 is 0. The summed E-state index contributed by atoms with van der Waals surface area (Å²) in [4.78, 5) is 0. The number of allylic oxidation sites excluding steroid dienone is 1. The summed E-state index contributed by atoms with van der Waals surface area (Å²) in [5.41, 5.74) is 10.3. The summed E-state index contributed by atoms with van der Waals surface area (Å²) < 4.78 is 0. The van der Waals surface area contributed by atoms with Crippen LogP contribution in [0.2, 0.25) is 0 Å². The van der Waals surface area contributed by atoms with Gasteiger partial charge in [-0.05, 0) is 5.92 Å². The predicted molar refractivity (Wildman–Crippen MR) is 109 cm³/mol. The van der Waals surface area contributed by atoms with Gasteiger partial charge in [-0.1, -0.05) is 90.8 Å². The summed E-state index contributed by atoms with van der Waals surface area (Å²) in [5, 5.41) is 0. The maximum Gasteiger partial charge on any atom is 4.00 e. The summed E-state index contributed by atoms with van der Waals surface area (Å²) in [7, 11) is 0. The van der Waals surface area contributed by atoms with Gasteiger partial charge < -0.3 is 24.8 Å². The van der Waals surface area contributed by atoms with E-state index >= 15 is 0 Å². The smallest absolute Gasteiger partial charge is 1.00 e. The third-order valence-corrected chi connectivity index (χ3v) is 6.68. The van der Waals surface area contributed by atoms with Crippen LogP contribution in [0.3, 0.4) is 0 Å². The van der Waals surface area contributed by atoms with Gasteiger partial charge in [-0.2, -0.15) is 33.4 Å². The predicted octanol–water partition coefficient (Wildman–Crippen LogP) is 1.13. The molecule has 1 unspecified atom stereocenters. The molecule has 0 aliphatic heterocycles. The molecule has 1 fully saturated rings. The van der Waals surface area contributed by atoms with E-state index in [-0.39, 0.29) is 46.5 Å². The van der Waals surface area contributed by atoms with Crippen molar-refractivity contribution in [3.05, 3.63) is 69.3 Å². The van der Waals surface area contributed by atoms with Crippen LogP contribution in [0.15, 0.2) is 24.3 Å². The fourth-order valence-corrected chi connectivity index (χ4v) is 4.46. The van der Waals surface area contributed by atoms with Crippen LogP contribution in [0.25, 0.3) is 6.08 Å². The van der Waals surface area contributed by atoms with Crippen LogP contribution in [0.4, 0.5) is 0 Å². The quantitative estimate of drug-likeness (QED) is 0.451. The molecule has 1 saturated carbocycles. The Bertz CT molecular complexity index is 687. The number of halogens is 2. The van der Waals surface area contributed by atoms with Gasteiger partial charge in [0.2, 0.25) is 0 Å². The molecule has 0 spiro atoms. The fourth-order valence-electron chi connectivity index (χ4n) is 4.46. The van der Waals surface area contributed by atoms with Crippen LogP contribution < -0.4 is 24.8 Å². The summed E-state index contributed by atoms with van der Waals surface area (Å²) in [6.07, 6.45) is 12.8. The zero-order valence-electron chi connectivity index (χ0n) is 17.8. The molecule has 0 aromatic heterocycles. The Morgan fingerprint density at radius 2 is 1.39 bits per heavy atom. The van der Waals surface area contributed by atoms with Crippen molar-refractivity contribution in [1.82, 2.24) is 0 Å². The molecule has 0 radical (unpaired) electrons. The number of fused-ring (bicyclic) bond motifs is 1. The summed E-state index contributed by atoms with van der Waals surface area (Å²) in [6.45, 7) is 11.0. The van der Waals surface area contributed by atoms with Crippen molar-refractivity contribution in [2.45, 2.75) is 72.6 Å². The second kappa shape index (κ2) is 12.3. The first-order valence-corrected chi connectivity index (χ1v) is 9.88. The average molecular weight is 451 g/mol. The second-order valence-electron chi connectivity index (χ2n) is 7.94. The Morgan fingerprint density at radius 3 is 1.89 bits per heavy atom. The number of benzene rings is 1. The van der Waals surface area contributed by atoms with E-state index in [9.17, 15) is 0 Å². The minimum absolute atomic E-state index is 0. The van der Waals surface area contributed by atoms with Crippen LogP contribution in [-0.4, -0.2) is 0 Å². The number of hydrogen-bond acceptors (Lipinski definition) is 0. The number of hydrogen-bond donors (Lipinski definition) is 0.